The normalized spacial score (nSPS) is 19.4. The van der Waals surface area contributed by atoms with Gasteiger partial charge in [0.1, 0.15) is 29.6 Å². The van der Waals surface area contributed by atoms with E-state index in [1.807, 2.05) is 4.90 Å². The maximum absolute atomic E-state index is 15.3. The Labute approximate surface area is 235 Å². The zero-order chi connectivity index (χ0) is 28.3. The van der Waals surface area contributed by atoms with Crippen molar-refractivity contribution in [1.82, 2.24) is 10.2 Å². The molecule has 0 radical (unpaired) electrons. The molecule has 216 valence electrons. The molecule has 0 unspecified atom stereocenters. The number of carbonyl (C=O) groups is 1. The van der Waals surface area contributed by atoms with Crippen molar-refractivity contribution in [2.45, 2.75) is 49.4 Å². The van der Waals surface area contributed by atoms with Crippen LogP contribution >= 0.6 is 11.6 Å². The lowest BCUT2D eigenvalue weighted by Crippen LogP contribution is -2.50. The molecule has 40 heavy (non-hydrogen) atoms. The number of nitrogens with one attached hydrogen (secondary N) is 1. The number of aliphatic hydroxyl groups is 2. The van der Waals surface area contributed by atoms with Crippen LogP contribution in [-0.4, -0.2) is 72.1 Å². The number of carbonyl (C=O) groups excluding carboxylic acids is 1. The van der Waals surface area contributed by atoms with Crippen molar-refractivity contribution in [3.63, 3.8) is 0 Å². The van der Waals surface area contributed by atoms with Gasteiger partial charge in [0, 0.05) is 43.0 Å². The Hall–Kier alpha value is -2.76. The molecule has 2 saturated heterocycles. The molecule has 0 spiro atoms. The Morgan fingerprint density at radius 3 is 2.52 bits per heavy atom. The van der Waals surface area contributed by atoms with Gasteiger partial charge < -0.3 is 34.3 Å². The predicted octanol–water partition coefficient (Wildman–Crippen LogP) is 4.41. The van der Waals surface area contributed by atoms with E-state index < -0.39 is 35.3 Å². The summed E-state index contributed by atoms with van der Waals surface area (Å²) in [4.78, 5) is 14.9. The fraction of sp³-hybridized carbons (Fsp3) is 0.483. The molecule has 0 aliphatic carbocycles. The number of aliphatic hydroxyl groups excluding tert-OH is 1. The van der Waals surface area contributed by atoms with Gasteiger partial charge in [-0.25, -0.2) is 0 Å². The van der Waals surface area contributed by atoms with E-state index >= 15 is 8.78 Å². The van der Waals surface area contributed by atoms with Crippen LogP contribution in [0.15, 0.2) is 52.9 Å². The lowest BCUT2D eigenvalue weighted by atomic mass is 9.96. The van der Waals surface area contributed by atoms with Gasteiger partial charge in [-0.2, -0.15) is 8.78 Å². The first-order chi connectivity index (χ1) is 19.1. The third kappa shape index (κ3) is 6.58. The molecular weight excluding hydrogens is 546 g/mol. The SMILES string of the molecule is O=C(N[C@H](CN1CCCC1)[C@H](O)c1ccc(OCC2(O)CCOCC2)cc1)C(F)(F)c1cc2cc(Cl)ccc2o1. The molecule has 3 aromatic rings. The highest BCUT2D eigenvalue weighted by atomic mass is 35.5. The van der Waals surface area contributed by atoms with Crippen LogP contribution in [0.2, 0.25) is 5.02 Å². The van der Waals surface area contributed by atoms with Crippen LogP contribution in [-0.2, 0) is 15.5 Å². The van der Waals surface area contributed by atoms with E-state index in [2.05, 4.69) is 5.32 Å². The van der Waals surface area contributed by atoms with Crippen molar-refractivity contribution < 1.29 is 37.7 Å². The van der Waals surface area contributed by atoms with Crippen LogP contribution in [0.5, 0.6) is 5.75 Å². The molecular formula is C29H33ClF2N2O6. The van der Waals surface area contributed by atoms with Crippen LogP contribution in [0.25, 0.3) is 11.0 Å². The van der Waals surface area contributed by atoms with E-state index in [0.29, 0.717) is 47.8 Å². The summed E-state index contributed by atoms with van der Waals surface area (Å²) in [5.74, 6) is -5.85. The van der Waals surface area contributed by atoms with Crippen molar-refractivity contribution >= 4 is 28.5 Å². The molecule has 8 nitrogen and oxygen atoms in total. The van der Waals surface area contributed by atoms with Crippen LogP contribution in [0, 0.1) is 0 Å². The molecule has 11 heteroatoms. The summed E-state index contributed by atoms with van der Waals surface area (Å²) < 4.78 is 46.9. The molecule has 2 atom stereocenters. The van der Waals surface area contributed by atoms with Crippen molar-refractivity contribution in [2.75, 3.05) is 39.5 Å². The molecule has 2 fully saturated rings. The van der Waals surface area contributed by atoms with Crippen LogP contribution < -0.4 is 10.1 Å². The zero-order valence-corrected chi connectivity index (χ0v) is 22.7. The van der Waals surface area contributed by atoms with Crippen molar-refractivity contribution in [2.24, 2.45) is 0 Å². The highest BCUT2D eigenvalue weighted by Gasteiger charge is 2.46. The lowest BCUT2D eigenvalue weighted by Gasteiger charge is -2.31. The predicted molar refractivity (Wildman–Crippen MR) is 145 cm³/mol. The van der Waals surface area contributed by atoms with Crippen molar-refractivity contribution in [3.8, 4) is 5.75 Å². The summed E-state index contributed by atoms with van der Waals surface area (Å²) in [5, 5.41) is 24.9. The van der Waals surface area contributed by atoms with Gasteiger partial charge in [-0.15, -0.1) is 0 Å². The number of furan rings is 1. The molecule has 5 rings (SSSR count). The van der Waals surface area contributed by atoms with Crippen LogP contribution in [0.4, 0.5) is 8.78 Å². The van der Waals surface area contributed by atoms with Crippen molar-refractivity contribution in [3.05, 3.63) is 64.9 Å². The van der Waals surface area contributed by atoms with E-state index in [-0.39, 0.29) is 18.7 Å². The second kappa shape index (κ2) is 12.0. The Morgan fingerprint density at radius 2 is 1.82 bits per heavy atom. The number of likely N-dealkylation sites (tertiary alicyclic amines) is 1. The lowest BCUT2D eigenvalue weighted by molar-refractivity contribution is -0.151. The average Bonchev–Trinajstić information content (AvgIpc) is 3.62. The van der Waals surface area contributed by atoms with E-state index in [4.69, 9.17) is 25.5 Å². The number of alkyl halides is 2. The van der Waals surface area contributed by atoms with Crippen LogP contribution in [0.3, 0.4) is 0 Å². The molecule has 3 heterocycles. The zero-order valence-electron chi connectivity index (χ0n) is 22.0. The smallest absolute Gasteiger partial charge is 0.380 e. The minimum atomic E-state index is -3.98. The Kier molecular flexibility index (Phi) is 8.63. The highest BCUT2D eigenvalue weighted by molar-refractivity contribution is 6.31. The second-order valence-corrected chi connectivity index (χ2v) is 11.0. The number of fused-ring (bicyclic) bond motifs is 1. The molecule has 2 aliphatic rings. The monoisotopic (exact) mass is 578 g/mol. The number of ether oxygens (including phenoxy) is 2. The van der Waals surface area contributed by atoms with Gasteiger partial charge >= 0.3 is 5.92 Å². The average molecular weight is 579 g/mol. The van der Waals surface area contributed by atoms with Gasteiger partial charge in [-0.1, -0.05) is 23.7 Å². The fourth-order valence-electron chi connectivity index (χ4n) is 5.11. The Morgan fingerprint density at radius 1 is 1.12 bits per heavy atom. The maximum Gasteiger partial charge on any atom is 0.380 e. The number of benzene rings is 2. The largest absolute Gasteiger partial charge is 0.491 e. The van der Waals surface area contributed by atoms with Gasteiger partial charge in [-0.3, -0.25) is 4.79 Å². The molecule has 0 saturated carbocycles. The first-order valence-electron chi connectivity index (χ1n) is 13.4. The molecule has 1 amide bonds. The number of rotatable bonds is 10. The van der Waals surface area contributed by atoms with Crippen LogP contribution in [0.1, 0.15) is 43.1 Å². The van der Waals surface area contributed by atoms with E-state index in [1.165, 1.54) is 18.2 Å². The number of nitrogens with zero attached hydrogens (tertiary/aromatic N) is 1. The van der Waals surface area contributed by atoms with Gasteiger partial charge in [0.05, 0.1) is 6.04 Å². The summed E-state index contributed by atoms with van der Waals surface area (Å²) in [6.07, 6.45) is 1.61. The first kappa shape index (κ1) is 28.8. The summed E-state index contributed by atoms with van der Waals surface area (Å²) in [6, 6.07) is 11.1. The topological polar surface area (TPSA) is 104 Å². The number of halogens is 3. The van der Waals surface area contributed by atoms with Gasteiger partial charge in [0.15, 0.2) is 5.76 Å². The maximum atomic E-state index is 15.3. The first-order valence-corrected chi connectivity index (χ1v) is 13.8. The van der Waals surface area contributed by atoms with E-state index in [9.17, 15) is 15.0 Å². The third-order valence-corrected chi connectivity index (χ3v) is 7.81. The summed E-state index contributed by atoms with van der Waals surface area (Å²) in [7, 11) is 0. The molecule has 1 aromatic heterocycles. The highest BCUT2D eigenvalue weighted by Crippen LogP contribution is 2.35. The Balaban J connectivity index is 1.29. The second-order valence-electron chi connectivity index (χ2n) is 10.6. The number of amides is 1. The minimum Gasteiger partial charge on any atom is -0.491 e. The third-order valence-electron chi connectivity index (χ3n) is 7.58. The molecule has 0 bridgehead atoms. The minimum absolute atomic E-state index is 0.106. The van der Waals surface area contributed by atoms with Gasteiger partial charge in [0.25, 0.3) is 5.91 Å². The number of hydrogen-bond acceptors (Lipinski definition) is 7. The van der Waals surface area contributed by atoms with Crippen molar-refractivity contribution in [1.29, 1.82) is 0 Å². The summed E-state index contributed by atoms with van der Waals surface area (Å²) in [5.41, 5.74) is -0.339. The Bertz CT molecular complexity index is 1310. The molecule has 3 N–H and O–H groups in total. The quantitative estimate of drug-likeness (QED) is 0.327. The standard InChI is InChI=1S/C29H33ClF2N2O6/c30-21-5-8-24-20(15-21)16-25(40-24)29(31,32)27(36)33-23(17-34-11-1-2-12-34)26(35)19-3-6-22(7-4-19)39-18-28(37)9-13-38-14-10-28/h3-8,15-16,23,26,35,37H,1-2,9-14,17-18H2,(H,33,36)/t23-,26-/m1/s1. The van der Waals surface area contributed by atoms with E-state index in [1.54, 1.807) is 24.3 Å². The number of hydrogen-bond donors (Lipinski definition) is 3. The van der Waals surface area contributed by atoms with Gasteiger partial charge in [0.2, 0.25) is 0 Å². The summed E-state index contributed by atoms with van der Waals surface area (Å²) in [6.45, 7) is 2.75. The summed E-state index contributed by atoms with van der Waals surface area (Å²) >= 11 is 5.95. The molecule has 2 aromatic carbocycles. The molecule has 2 aliphatic heterocycles. The van der Waals surface area contributed by atoms with E-state index in [0.717, 1.165) is 32.0 Å². The van der Waals surface area contributed by atoms with Gasteiger partial charge in [-0.05, 0) is 67.9 Å². The fourth-order valence-corrected chi connectivity index (χ4v) is 5.30.